The SMILES string of the molecule is CC(C)n1c(Oc2cc(Cl)cc(Cl)c2)c(CNCc2ccncc2)n(C)c1=O. The van der Waals surface area contributed by atoms with Crippen molar-refractivity contribution in [1.29, 1.82) is 0 Å². The molecule has 1 N–H and O–H groups in total. The van der Waals surface area contributed by atoms with E-state index in [2.05, 4.69) is 10.3 Å². The van der Waals surface area contributed by atoms with Gasteiger partial charge in [-0.15, -0.1) is 0 Å². The second-order valence-electron chi connectivity index (χ2n) is 6.72. The molecule has 2 aromatic heterocycles. The van der Waals surface area contributed by atoms with Gasteiger partial charge in [-0.1, -0.05) is 23.2 Å². The quantitative estimate of drug-likeness (QED) is 0.608. The van der Waals surface area contributed by atoms with Crippen LogP contribution in [0.1, 0.15) is 31.1 Å². The molecule has 0 aliphatic carbocycles. The van der Waals surface area contributed by atoms with Crippen molar-refractivity contribution in [3.63, 3.8) is 0 Å². The van der Waals surface area contributed by atoms with Crippen LogP contribution >= 0.6 is 23.2 Å². The van der Waals surface area contributed by atoms with Crippen LogP contribution in [0.5, 0.6) is 11.6 Å². The number of benzene rings is 1. The second kappa shape index (κ2) is 8.82. The van der Waals surface area contributed by atoms with E-state index in [0.717, 1.165) is 11.3 Å². The van der Waals surface area contributed by atoms with Gasteiger partial charge in [-0.2, -0.15) is 0 Å². The molecule has 3 rings (SSSR count). The number of hydrogen-bond acceptors (Lipinski definition) is 4. The lowest BCUT2D eigenvalue weighted by Gasteiger charge is -2.14. The molecule has 0 fully saturated rings. The van der Waals surface area contributed by atoms with Crippen molar-refractivity contribution in [3.8, 4) is 11.6 Å². The first-order valence-electron chi connectivity index (χ1n) is 8.90. The van der Waals surface area contributed by atoms with E-state index >= 15 is 0 Å². The molecule has 6 nitrogen and oxygen atoms in total. The largest absolute Gasteiger partial charge is 0.439 e. The van der Waals surface area contributed by atoms with Gasteiger partial charge in [0.2, 0.25) is 5.88 Å². The van der Waals surface area contributed by atoms with Gasteiger partial charge < -0.3 is 10.1 Å². The molecule has 0 unspecified atom stereocenters. The van der Waals surface area contributed by atoms with Gasteiger partial charge in [0.1, 0.15) is 5.75 Å². The Bertz CT molecular complexity index is 993. The fraction of sp³-hybridized carbons (Fsp3) is 0.300. The number of halogens is 2. The molecular formula is C20H22Cl2N4O2. The van der Waals surface area contributed by atoms with Gasteiger partial charge in [0.25, 0.3) is 0 Å². The molecule has 0 amide bonds. The molecule has 0 aliphatic rings. The van der Waals surface area contributed by atoms with Crippen LogP contribution in [0.3, 0.4) is 0 Å². The summed E-state index contributed by atoms with van der Waals surface area (Å²) in [5.41, 5.74) is 1.70. The Hall–Kier alpha value is -2.28. The summed E-state index contributed by atoms with van der Waals surface area (Å²) in [6.07, 6.45) is 3.50. The first kappa shape index (κ1) is 20.5. The van der Waals surface area contributed by atoms with Gasteiger partial charge in [-0.05, 0) is 49.7 Å². The maximum absolute atomic E-state index is 12.8. The Morgan fingerprint density at radius 3 is 2.36 bits per heavy atom. The van der Waals surface area contributed by atoms with Crippen molar-refractivity contribution in [2.45, 2.75) is 33.0 Å². The van der Waals surface area contributed by atoms with Crippen molar-refractivity contribution < 1.29 is 4.74 Å². The summed E-state index contributed by atoms with van der Waals surface area (Å²) >= 11 is 12.2. The number of hydrogen-bond donors (Lipinski definition) is 1. The molecule has 3 aromatic rings. The number of ether oxygens (including phenoxy) is 1. The van der Waals surface area contributed by atoms with E-state index in [9.17, 15) is 4.79 Å². The van der Waals surface area contributed by atoms with Crippen LogP contribution in [-0.4, -0.2) is 14.1 Å². The number of nitrogens with zero attached hydrogens (tertiary/aromatic N) is 3. The maximum atomic E-state index is 12.8. The molecule has 2 heterocycles. The molecule has 8 heteroatoms. The lowest BCUT2D eigenvalue weighted by atomic mass is 10.2. The number of aromatic nitrogens is 3. The van der Waals surface area contributed by atoms with Crippen molar-refractivity contribution in [2.24, 2.45) is 7.05 Å². The fourth-order valence-corrected chi connectivity index (χ4v) is 3.44. The van der Waals surface area contributed by atoms with Crippen LogP contribution in [0.4, 0.5) is 0 Å². The summed E-state index contributed by atoms with van der Waals surface area (Å²) < 4.78 is 9.31. The maximum Gasteiger partial charge on any atom is 0.331 e. The monoisotopic (exact) mass is 420 g/mol. The summed E-state index contributed by atoms with van der Waals surface area (Å²) in [6.45, 7) is 4.98. The smallest absolute Gasteiger partial charge is 0.331 e. The summed E-state index contributed by atoms with van der Waals surface area (Å²) in [5.74, 6) is 0.955. The summed E-state index contributed by atoms with van der Waals surface area (Å²) in [4.78, 5) is 16.8. The number of rotatable bonds is 7. The number of pyridine rings is 1. The second-order valence-corrected chi connectivity index (χ2v) is 7.60. The Morgan fingerprint density at radius 1 is 1.11 bits per heavy atom. The zero-order valence-electron chi connectivity index (χ0n) is 15.9. The van der Waals surface area contributed by atoms with Gasteiger partial charge in [0.05, 0.1) is 5.69 Å². The third-order valence-electron chi connectivity index (χ3n) is 4.30. The Morgan fingerprint density at radius 2 is 1.75 bits per heavy atom. The van der Waals surface area contributed by atoms with Crippen LogP contribution in [0.25, 0.3) is 0 Å². The van der Waals surface area contributed by atoms with E-state index in [0.29, 0.717) is 34.8 Å². The highest BCUT2D eigenvalue weighted by Crippen LogP contribution is 2.31. The average Bonchev–Trinajstić information content (AvgIpc) is 2.86. The Labute approximate surface area is 173 Å². The van der Waals surface area contributed by atoms with Crippen LogP contribution < -0.4 is 15.7 Å². The molecule has 148 valence electrons. The van der Waals surface area contributed by atoms with E-state index in [-0.39, 0.29) is 11.7 Å². The highest BCUT2D eigenvalue weighted by molar-refractivity contribution is 6.34. The first-order chi connectivity index (χ1) is 13.4. The molecule has 0 saturated heterocycles. The zero-order chi connectivity index (χ0) is 20.3. The van der Waals surface area contributed by atoms with E-state index in [1.165, 1.54) is 0 Å². The predicted octanol–water partition coefficient (Wildman–Crippen LogP) is 4.55. The summed E-state index contributed by atoms with van der Waals surface area (Å²) in [7, 11) is 1.74. The summed E-state index contributed by atoms with van der Waals surface area (Å²) in [5, 5.41) is 4.29. The van der Waals surface area contributed by atoms with Crippen LogP contribution in [0.15, 0.2) is 47.5 Å². The number of nitrogens with one attached hydrogen (secondary N) is 1. The minimum atomic E-state index is -0.140. The van der Waals surface area contributed by atoms with Crippen LogP contribution in [-0.2, 0) is 20.1 Å². The predicted molar refractivity (Wildman–Crippen MR) is 111 cm³/mol. The lowest BCUT2D eigenvalue weighted by Crippen LogP contribution is -2.25. The molecule has 0 saturated carbocycles. The van der Waals surface area contributed by atoms with E-state index in [4.69, 9.17) is 27.9 Å². The Kier molecular flexibility index (Phi) is 6.44. The van der Waals surface area contributed by atoms with Crippen LogP contribution in [0, 0.1) is 0 Å². The highest BCUT2D eigenvalue weighted by atomic mass is 35.5. The fourth-order valence-electron chi connectivity index (χ4n) is 2.93. The van der Waals surface area contributed by atoms with Gasteiger partial charge in [0.15, 0.2) is 0 Å². The van der Waals surface area contributed by atoms with E-state index < -0.39 is 0 Å². The highest BCUT2D eigenvalue weighted by Gasteiger charge is 2.22. The van der Waals surface area contributed by atoms with Gasteiger partial charge in [0, 0.05) is 48.6 Å². The molecular weight excluding hydrogens is 399 g/mol. The van der Waals surface area contributed by atoms with Crippen molar-refractivity contribution in [1.82, 2.24) is 19.4 Å². The standard InChI is InChI=1S/C20H22Cl2N4O2/c1-13(2)26-19(28-17-9-15(21)8-16(22)10-17)18(25(3)20(26)27)12-24-11-14-4-6-23-7-5-14/h4-10,13,24H,11-12H2,1-3H3. The summed E-state index contributed by atoms with van der Waals surface area (Å²) in [6, 6.07) is 8.78. The molecule has 0 spiro atoms. The van der Waals surface area contributed by atoms with Gasteiger partial charge in [-0.3, -0.25) is 14.1 Å². The molecule has 0 bridgehead atoms. The third kappa shape index (κ3) is 4.58. The first-order valence-corrected chi connectivity index (χ1v) is 9.66. The van der Waals surface area contributed by atoms with Crippen molar-refractivity contribution in [2.75, 3.05) is 0 Å². The van der Waals surface area contributed by atoms with Crippen molar-refractivity contribution in [3.05, 3.63) is 74.5 Å². The molecule has 0 radical (unpaired) electrons. The van der Waals surface area contributed by atoms with Crippen LogP contribution in [0.2, 0.25) is 10.0 Å². The molecule has 28 heavy (non-hydrogen) atoms. The molecule has 0 aliphatic heterocycles. The third-order valence-corrected chi connectivity index (χ3v) is 4.74. The van der Waals surface area contributed by atoms with E-state index in [1.54, 1.807) is 46.8 Å². The topological polar surface area (TPSA) is 61.1 Å². The molecule has 0 atom stereocenters. The van der Waals surface area contributed by atoms with Crippen molar-refractivity contribution >= 4 is 23.2 Å². The zero-order valence-corrected chi connectivity index (χ0v) is 17.5. The number of imidazole rings is 1. The normalized spacial score (nSPS) is 11.2. The Balaban J connectivity index is 1.92. The van der Waals surface area contributed by atoms with Gasteiger partial charge in [-0.25, -0.2) is 4.79 Å². The lowest BCUT2D eigenvalue weighted by molar-refractivity contribution is 0.401. The van der Waals surface area contributed by atoms with Gasteiger partial charge >= 0.3 is 5.69 Å². The minimum Gasteiger partial charge on any atom is -0.439 e. The average molecular weight is 421 g/mol. The molecule has 1 aromatic carbocycles. The van der Waals surface area contributed by atoms with E-state index in [1.807, 2.05) is 26.0 Å². The minimum absolute atomic E-state index is 0.0719.